The van der Waals surface area contributed by atoms with E-state index < -0.39 is 0 Å². The van der Waals surface area contributed by atoms with E-state index in [1.807, 2.05) is 35.7 Å². The molecule has 3 aromatic rings. The van der Waals surface area contributed by atoms with Crippen molar-refractivity contribution in [1.29, 1.82) is 0 Å². The smallest absolute Gasteiger partial charge is 0.274 e. The molecule has 4 nitrogen and oxygen atoms in total. The molecule has 3 rings (SSSR count). The molecule has 0 saturated carbocycles. The van der Waals surface area contributed by atoms with E-state index in [1.54, 1.807) is 17.5 Å². The van der Waals surface area contributed by atoms with Crippen LogP contribution in [-0.2, 0) is 6.54 Å². The number of aromatic nitrogens is 2. The van der Waals surface area contributed by atoms with E-state index in [-0.39, 0.29) is 5.56 Å². The highest BCUT2D eigenvalue weighted by atomic mass is 32.1. The summed E-state index contributed by atoms with van der Waals surface area (Å²) in [4.78, 5) is 13.4. The normalized spacial score (nSPS) is 10.3. The maximum Gasteiger partial charge on any atom is 0.274 e. The van der Waals surface area contributed by atoms with Crippen molar-refractivity contribution >= 4 is 22.1 Å². The van der Waals surface area contributed by atoms with Gasteiger partial charge in [-0.25, -0.2) is 4.68 Å². The Labute approximate surface area is 125 Å². The number of thiophene rings is 1. The lowest BCUT2D eigenvalue weighted by molar-refractivity contribution is 0.653. The second kappa shape index (κ2) is 5.92. The van der Waals surface area contributed by atoms with Gasteiger partial charge in [0.15, 0.2) is 0 Å². The molecule has 0 amide bonds. The minimum atomic E-state index is -0.0840. The lowest BCUT2D eigenvalue weighted by Gasteiger charge is -2.05. The highest BCUT2D eigenvalue weighted by Crippen LogP contribution is 2.16. The zero-order valence-electron chi connectivity index (χ0n) is 11.2. The summed E-state index contributed by atoms with van der Waals surface area (Å²) in [6.45, 7) is 0.749. The van der Waals surface area contributed by atoms with Gasteiger partial charge in [-0.1, -0.05) is 30.0 Å². The van der Waals surface area contributed by atoms with Crippen LogP contribution in [0.1, 0.15) is 10.4 Å². The summed E-state index contributed by atoms with van der Waals surface area (Å²) >= 11 is 1.57. The van der Waals surface area contributed by atoms with Gasteiger partial charge in [0, 0.05) is 15.8 Å². The van der Waals surface area contributed by atoms with Gasteiger partial charge in [-0.3, -0.25) is 4.79 Å². The highest BCUT2D eigenvalue weighted by Gasteiger charge is 2.07. The number of fused-ring (bicyclic) bond motifs is 1. The molecule has 0 saturated heterocycles. The summed E-state index contributed by atoms with van der Waals surface area (Å²) in [6, 6.07) is 9.40. The van der Waals surface area contributed by atoms with Crippen LogP contribution < -0.4 is 11.3 Å². The first-order valence-electron chi connectivity index (χ1n) is 6.50. The number of hydrogen-bond donors (Lipinski definition) is 1. The van der Waals surface area contributed by atoms with Gasteiger partial charge in [0.2, 0.25) is 0 Å². The van der Waals surface area contributed by atoms with E-state index in [4.69, 9.17) is 5.73 Å². The number of benzene rings is 1. The van der Waals surface area contributed by atoms with Crippen molar-refractivity contribution in [3.05, 3.63) is 62.7 Å². The maximum atomic E-state index is 12.4. The summed E-state index contributed by atoms with van der Waals surface area (Å²) in [5.41, 5.74) is 6.22. The average molecular weight is 295 g/mol. The third-order valence-corrected chi connectivity index (χ3v) is 4.03. The third-order valence-electron chi connectivity index (χ3n) is 3.13. The SMILES string of the molecule is NCC#Cc1ccsc1Cn1ncc2ccccc2c1=O. The van der Waals surface area contributed by atoms with Crippen molar-refractivity contribution in [3.8, 4) is 11.8 Å². The average Bonchev–Trinajstić information content (AvgIpc) is 2.95. The number of rotatable bonds is 2. The fourth-order valence-electron chi connectivity index (χ4n) is 2.10. The number of hydrogen-bond acceptors (Lipinski definition) is 4. The summed E-state index contributed by atoms with van der Waals surface area (Å²) < 4.78 is 1.47. The Hall–Kier alpha value is -2.42. The van der Waals surface area contributed by atoms with Gasteiger partial charge < -0.3 is 5.73 Å². The van der Waals surface area contributed by atoms with E-state index in [1.165, 1.54) is 4.68 Å². The third kappa shape index (κ3) is 2.72. The Balaban J connectivity index is 2.01. The molecular formula is C16H13N3OS. The Morgan fingerprint density at radius 2 is 2.14 bits per heavy atom. The van der Waals surface area contributed by atoms with Gasteiger partial charge in [0.1, 0.15) is 0 Å². The monoisotopic (exact) mass is 295 g/mol. The van der Waals surface area contributed by atoms with Crippen molar-refractivity contribution < 1.29 is 0 Å². The molecular weight excluding hydrogens is 282 g/mol. The largest absolute Gasteiger partial charge is 0.320 e. The summed E-state index contributed by atoms with van der Waals surface area (Å²) in [7, 11) is 0. The molecule has 0 fully saturated rings. The topological polar surface area (TPSA) is 60.9 Å². The lowest BCUT2D eigenvalue weighted by atomic mass is 10.2. The van der Waals surface area contributed by atoms with Gasteiger partial charge in [-0.15, -0.1) is 11.3 Å². The van der Waals surface area contributed by atoms with E-state index in [0.717, 1.165) is 15.8 Å². The molecule has 0 spiro atoms. The van der Waals surface area contributed by atoms with Gasteiger partial charge in [0.05, 0.1) is 24.7 Å². The molecule has 0 aliphatic carbocycles. The molecule has 0 unspecified atom stereocenters. The minimum Gasteiger partial charge on any atom is -0.320 e. The maximum absolute atomic E-state index is 12.4. The quantitative estimate of drug-likeness (QED) is 0.734. The summed E-state index contributed by atoms with van der Waals surface area (Å²) in [6.07, 6.45) is 1.72. The molecule has 1 aromatic carbocycles. The summed E-state index contributed by atoms with van der Waals surface area (Å²) in [5.74, 6) is 5.86. The first kappa shape index (κ1) is 13.6. The van der Waals surface area contributed by atoms with Crippen molar-refractivity contribution in [1.82, 2.24) is 9.78 Å². The van der Waals surface area contributed by atoms with Crippen LogP contribution >= 0.6 is 11.3 Å². The Morgan fingerprint density at radius 3 is 3.00 bits per heavy atom. The van der Waals surface area contributed by atoms with Crippen LogP contribution in [0.25, 0.3) is 10.8 Å². The van der Waals surface area contributed by atoms with Crippen LogP contribution in [0.3, 0.4) is 0 Å². The highest BCUT2D eigenvalue weighted by molar-refractivity contribution is 7.10. The number of nitrogens with two attached hydrogens (primary N) is 1. The van der Waals surface area contributed by atoms with Crippen LogP contribution in [0.5, 0.6) is 0 Å². The molecule has 5 heteroatoms. The van der Waals surface area contributed by atoms with Crippen molar-refractivity contribution in [2.24, 2.45) is 5.73 Å². The molecule has 21 heavy (non-hydrogen) atoms. The predicted molar refractivity (Wildman–Crippen MR) is 85.4 cm³/mol. The molecule has 2 aromatic heterocycles. The first-order chi connectivity index (χ1) is 10.3. The zero-order chi connectivity index (χ0) is 14.7. The van der Waals surface area contributed by atoms with Crippen molar-refractivity contribution in [2.75, 3.05) is 6.54 Å². The minimum absolute atomic E-state index is 0.0840. The van der Waals surface area contributed by atoms with E-state index in [2.05, 4.69) is 16.9 Å². The molecule has 2 N–H and O–H groups in total. The van der Waals surface area contributed by atoms with Gasteiger partial charge in [0.25, 0.3) is 5.56 Å². The molecule has 104 valence electrons. The second-order valence-corrected chi connectivity index (χ2v) is 5.46. The Bertz CT molecular complexity index is 899. The van der Waals surface area contributed by atoms with Crippen molar-refractivity contribution in [2.45, 2.75) is 6.54 Å². The molecule has 2 heterocycles. The molecule has 0 aliphatic rings. The fraction of sp³-hybridized carbons (Fsp3) is 0.125. The van der Waals surface area contributed by atoms with Crippen LogP contribution in [0.2, 0.25) is 0 Å². The standard InChI is InChI=1S/C16H13N3OS/c17-8-3-5-12-7-9-21-15(12)11-19-16(20)14-6-2-1-4-13(14)10-18-19/h1-2,4,6-7,9-10H,8,11,17H2. The van der Waals surface area contributed by atoms with Crippen LogP contribution in [0.15, 0.2) is 46.7 Å². The van der Waals surface area contributed by atoms with Crippen LogP contribution in [0.4, 0.5) is 0 Å². The number of nitrogens with zero attached hydrogens (tertiary/aromatic N) is 2. The molecule has 0 bridgehead atoms. The van der Waals surface area contributed by atoms with Crippen LogP contribution in [-0.4, -0.2) is 16.3 Å². The van der Waals surface area contributed by atoms with Gasteiger partial charge >= 0.3 is 0 Å². The molecule has 0 atom stereocenters. The van der Waals surface area contributed by atoms with Gasteiger partial charge in [-0.2, -0.15) is 5.10 Å². The second-order valence-electron chi connectivity index (χ2n) is 4.46. The Morgan fingerprint density at radius 1 is 1.29 bits per heavy atom. The van der Waals surface area contributed by atoms with Crippen molar-refractivity contribution in [3.63, 3.8) is 0 Å². The van der Waals surface area contributed by atoms with Crippen LogP contribution in [0, 0.1) is 11.8 Å². The molecule has 0 radical (unpaired) electrons. The summed E-state index contributed by atoms with van der Waals surface area (Å²) in [5, 5.41) is 7.73. The van der Waals surface area contributed by atoms with Gasteiger partial charge in [-0.05, 0) is 17.5 Å². The van der Waals surface area contributed by atoms with E-state index in [0.29, 0.717) is 18.5 Å². The zero-order valence-corrected chi connectivity index (χ0v) is 12.1. The van der Waals surface area contributed by atoms with E-state index in [9.17, 15) is 4.79 Å². The lowest BCUT2D eigenvalue weighted by Crippen LogP contribution is -2.23. The predicted octanol–water partition coefficient (Wildman–Crippen LogP) is 1.82. The van der Waals surface area contributed by atoms with E-state index >= 15 is 0 Å². The molecule has 0 aliphatic heterocycles. The fourth-order valence-corrected chi connectivity index (χ4v) is 2.91. The first-order valence-corrected chi connectivity index (χ1v) is 7.38. The Kier molecular flexibility index (Phi) is 3.82.